The van der Waals surface area contributed by atoms with Gasteiger partial charge in [0, 0.05) is 12.6 Å². The van der Waals surface area contributed by atoms with Crippen LogP contribution in [0.2, 0.25) is 0 Å². The van der Waals surface area contributed by atoms with E-state index in [4.69, 9.17) is 0 Å². The molecule has 0 saturated carbocycles. The van der Waals surface area contributed by atoms with Gasteiger partial charge in [0.2, 0.25) is 0 Å². The Kier molecular flexibility index (Phi) is 3.83. The van der Waals surface area contributed by atoms with Gasteiger partial charge in [-0.3, -0.25) is 0 Å². The first-order valence-corrected chi connectivity index (χ1v) is 9.60. The zero-order chi connectivity index (χ0) is 18.4. The number of hydrogen-bond acceptors (Lipinski definition) is 3. The average Bonchev–Trinajstić information content (AvgIpc) is 3.22. The quantitative estimate of drug-likeness (QED) is 0.476. The fourth-order valence-electron chi connectivity index (χ4n) is 3.61. The van der Waals surface area contributed by atoms with Crippen molar-refractivity contribution >= 4 is 11.8 Å². The van der Waals surface area contributed by atoms with Gasteiger partial charge in [0.15, 0.2) is 11.0 Å². The maximum absolute atomic E-state index is 13.2. The monoisotopic (exact) mass is 373 g/mol. The molecule has 0 radical (unpaired) electrons. The van der Waals surface area contributed by atoms with Crippen molar-refractivity contribution in [3.8, 4) is 22.5 Å². The van der Waals surface area contributed by atoms with Gasteiger partial charge in [-0.2, -0.15) is 0 Å². The van der Waals surface area contributed by atoms with Crippen LogP contribution in [0.5, 0.6) is 0 Å². The summed E-state index contributed by atoms with van der Waals surface area (Å²) in [6.07, 6.45) is 0. The van der Waals surface area contributed by atoms with Gasteiger partial charge in [0.25, 0.3) is 0 Å². The van der Waals surface area contributed by atoms with Crippen LogP contribution in [0.25, 0.3) is 22.5 Å². The Morgan fingerprint density at radius 1 is 0.815 bits per heavy atom. The Bertz CT molecular complexity index is 1090. The fourth-order valence-corrected chi connectivity index (χ4v) is 4.82. The van der Waals surface area contributed by atoms with Crippen molar-refractivity contribution in [3.05, 3.63) is 89.7 Å². The summed E-state index contributed by atoms with van der Waals surface area (Å²) in [5.41, 5.74) is 6.02. The summed E-state index contributed by atoms with van der Waals surface area (Å²) in [4.78, 5) is 0. The van der Waals surface area contributed by atoms with E-state index in [9.17, 15) is 4.39 Å². The van der Waals surface area contributed by atoms with Crippen molar-refractivity contribution in [1.82, 2.24) is 14.8 Å². The zero-order valence-corrected chi connectivity index (χ0v) is 15.4. The van der Waals surface area contributed by atoms with E-state index in [1.165, 1.54) is 34.4 Å². The molecule has 5 heteroatoms. The lowest BCUT2D eigenvalue weighted by Gasteiger charge is -2.12. The van der Waals surface area contributed by atoms with E-state index in [2.05, 4.69) is 58.7 Å². The minimum atomic E-state index is -0.255. The molecule has 0 amide bonds. The highest BCUT2D eigenvalue weighted by atomic mass is 32.2. The van der Waals surface area contributed by atoms with Gasteiger partial charge in [-0.25, -0.2) is 4.39 Å². The molecule has 0 N–H and O–H groups in total. The lowest BCUT2D eigenvalue weighted by atomic mass is 10.1. The Labute approximate surface area is 160 Å². The number of nitrogens with zero attached hydrogens (tertiary/aromatic N) is 3. The van der Waals surface area contributed by atoms with Gasteiger partial charge in [-0.1, -0.05) is 60.3 Å². The third-order valence-corrected chi connectivity index (χ3v) is 6.25. The molecule has 0 aliphatic heterocycles. The zero-order valence-electron chi connectivity index (χ0n) is 14.6. The lowest BCUT2D eigenvalue weighted by molar-refractivity contribution is 0.628. The molecule has 132 valence electrons. The highest BCUT2D eigenvalue weighted by Gasteiger charge is 2.30. The molecular formula is C22H16FN3S. The number of aromatic nitrogens is 3. The normalized spacial score (nSPS) is 12.8. The number of fused-ring (bicyclic) bond motifs is 3. The molecule has 0 unspecified atom stereocenters. The summed E-state index contributed by atoms with van der Waals surface area (Å²) in [5, 5.41) is 9.77. The molecule has 0 spiro atoms. The summed E-state index contributed by atoms with van der Waals surface area (Å²) >= 11 is 1.70. The maximum atomic E-state index is 13.2. The first kappa shape index (κ1) is 16.3. The Hall–Kier alpha value is -2.92. The van der Waals surface area contributed by atoms with Crippen LogP contribution in [-0.2, 0) is 7.05 Å². The van der Waals surface area contributed by atoms with Crippen molar-refractivity contribution in [2.75, 3.05) is 0 Å². The molecule has 3 aromatic carbocycles. The van der Waals surface area contributed by atoms with Crippen LogP contribution in [0.15, 0.2) is 78.0 Å². The number of halogens is 1. The van der Waals surface area contributed by atoms with E-state index < -0.39 is 0 Å². The average molecular weight is 373 g/mol. The number of benzene rings is 3. The molecule has 1 aliphatic carbocycles. The van der Waals surface area contributed by atoms with E-state index >= 15 is 0 Å². The molecular weight excluding hydrogens is 357 g/mol. The van der Waals surface area contributed by atoms with Crippen LogP contribution in [0.3, 0.4) is 0 Å². The van der Waals surface area contributed by atoms with E-state index in [1.54, 1.807) is 23.9 Å². The Morgan fingerprint density at radius 2 is 1.41 bits per heavy atom. The molecule has 3 nitrogen and oxygen atoms in total. The van der Waals surface area contributed by atoms with Gasteiger partial charge >= 0.3 is 0 Å². The van der Waals surface area contributed by atoms with Gasteiger partial charge in [0.05, 0.1) is 5.25 Å². The molecule has 0 saturated heterocycles. The third kappa shape index (κ3) is 2.66. The predicted molar refractivity (Wildman–Crippen MR) is 106 cm³/mol. The largest absolute Gasteiger partial charge is 0.305 e. The SMILES string of the molecule is Cn1c(SC2c3ccccc3-c3ccccc32)nnc1-c1ccc(F)cc1. The van der Waals surface area contributed by atoms with Crippen LogP contribution in [0, 0.1) is 5.82 Å². The van der Waals surface area contributed by atoms with E-state index in [-0.39, 0.29) is 11.1 Å². The van der Waals surface area contributed by atoms with Gasteiger partial charge in [-0.05, 0) is 46.5 Å². The molecule has 0 atom stereocenters. The molecule has 1 heterocycles. The summed E-state index contributed by atoms with van der Waals surface area (Å²) < 4.78 is 15.2. The van der Waals surface area contributed by atoms with E-state index in [0.29, 0.717) is 0 Å². The minimum Gasteiger partial charge on any atom is -0.305 e. The molecule has 0 fully saturated rings. The predicted octanol–water partition coefficient (Wildman–Crippen LogP) is 5.48. The third-order valence-electron chi connectivity index (χ3n) is 4.94. The van der Waals surface area contributed by atoms with Crippen molar-refractivity contribution in [3.63, 3.8) is 0 Å². The number of hydrogen-bond donors (Lipinski definition) is 0. The van der Waals surface area contributed by atoms with Crippen molar-refractivity contribution in [2.24, 2.45) is 7.05 Å². The van der Waals surface area contributed by atoms with Crippen LogP contribution in [0.1, 0.15) is 16.4 Å². The Balaban J connectivity index is 1.54. The van der Waals surface area contributed by atoms with Crippen LogP contribution >= 0.6 is 11.8 Å². The second-order valence-electron chi connectivity index (χ2n) is 6.54. The summed E-state index contributed by atoms with van der Waals surface area (Å²) in [5.74, 6) is 0.478. The van der Waals surface area contributed by atoms with Crippen molar-refractivity contribution in [1.29, 1.82) is 0 Å². The molecule has 0 bridgehead atoms. The summed E-state index contributed by atoms with van der Waals surface area (Å²) in [6.45, 7) is 0. The van der Waals surface area contributed by atoms with Crippen LogP contribution in [0.4, 0.5) is 4.39 Å². The van der Waals surface area contributed by atoms with Crippen LogP contribution < -0.4 is 0 Å². The highest BCUT2D eigenvalue weighted by molar-refractivity contribution is 7.99. The van der Waals surface area contributed by atoms with Gasteiger partial charge in [0.1, 0.15) is 5.82 Å². The van der Waals surface area contributed by atoms with Crippen LogP contribution in [-0.4, -0.2) is 14.8 Å². The lowest BCUT2D eigenvalue weighted by Crippen LogP contribution is -1.98. The number of thioether (sulfide) groups is 1. The highest BCUT2D eigenvalue weighted by Crippen LogP contribution is 2.51. The van der Waals surface area contributed by atoms with Crippen molar-refractivity contribution in [2.45, 2.75) is 10.4 Å². The Morgan fingerprint density at radius 3 is 2.04 bits per heavy atom. The summed E-state index contributed by atoms with van der Waals surface area (Å²) in [7, 11) is 1.95. The fraction of sp³-hybridized carbons (Fsp3) is 0.0909. The molecule has 1 aliphatic rings. The first-order chi connectivity index (χ1) is 13.2. The smallest absolute Gasteiger partial charge is 0.192 e. The molecule has 27 heavy (non-hydrogen) atoms. The van der Waals surface area contributed by atoms with E-state index in [0.717, 1.165) is 16.5 Å². The van der Waals surface area contributed by atoms with Gasteiger partial charge in [-0.15, -0.1) is 10.2 Å². The molecule has 5 rings (SSSR count). The summed E-state index contributed by atoms with van der Waals surface area (Å²) in [6, 6.07) is 23.4. The topological polar surface area (TPSA) is 30.7 Å². The van der Waals surface area contributed by atoms with Gasteiger partial charge < -0.3 is 4.57 Å². The minimum absolute atomic E-state index is 0.182. The maximum Gasteiger partial charge on any atom is 0.192 e. The molecule has 1 aromatic heterocycles. The van der Waals surface area contributed by atoms with E-state index in [1.807, 2.05) is 11.6 Å². The second kappa shape index (κ2) is 6.35. The number of rotatable bonds is 3. The van der Waals surface area contributed by atoms with Crippen molar-refractivity contribution < 1.29 is 4.39 Å². The standard InChI is InChI=1S/C22H16FN3S/c1-26-21(14-10-12-15(23)13-11-14)24-25-22(26)27-20-18-8-4-2-6-16(18)17-7-3-5-9-19(17)20/h2-13,20H,1H3. The molecule has 4 aromatic rings. The first-order valence-electron chi connectivity index (χ1n) is 8.72. The second-order valence-corrected chi connectivity index (χ2v) is 7.62.